The van der Waals surface area contributed by atoms with Gasteiger partial charge in [-0.2, -0.15) is 0 Å². The van der Waals surface area contributed by atoms with Gasteiger partial charge in [0.15, 0.2) is 10.9 Å². The van der Waals surface area contributed by atoms with E-state index in [-0.39, 0.29) is 44.9 Å². The van der Waals surface area contributed by atoms with E-state index in [2.05, 4.69) is 9.97 Å². The molecule has 0 aliphatic heterocycles. The molecule has 2 aromatic heterocycles. The fourth-order valence-electron chi connectivity index (χ4n) is 2.98. The molecule has 4 aromatic rings. The summed E-state index contributed by atoms with van der Waals surface area (Å²) < 4.78 is 43.2. The fraction of sp³-hybridized carbons (Fsp3) is 0.150. The van der Waals surface area contributed by atoms with Crippen LogP contribution in [0.25, 0.3) is 10.2 Å². The molecule has 0 spiro atoms. The van der Waals surface area contributed by atoms with E-state index in [0.29, 0.717) is 13.0 Å². The Kier molecular flexibility index (Phi) is 7.19. The van der Waals surface area contributed by atoms with E-state index in [4.69, 9.17) is 11.6 Å². The number of aromatic nitrogens is 3. The van der Waals surface area contributed by atoms with Gasteiger partial charge in [-0.05, 0) is 30.7 Å². The van der Waals surface area contributed by atoms with Crippen LogP contribution in [0.4, 0.5) is 18.3 Å². The van der Waals surface area contributed by atoms with Crippen molar-refractivity contribution in [3.8, 4) is 0 Å². The summed E-state index contributed by atoms with van der Waals surface area (Å²) in [5.74, 6) is -2.61. The molecule has 4 rings (SSSR count). The van der Waals surface area contributed by atoms with E-state index in [9.17, 15) is 18.0 Å². The predicted octanol–water partition coefficient (Wildman–Crippen LogP) is 5.72. The van der Waals surface area contributed by atoms with Gasteiger partial charge in [-0.15, -0.1) is 12.4 Å². The van der Waals surface area contributed by atoms with Crippen LogP contribution < -0.4 is 4.90 Å². The van der Waals surface area contributed by atoms with Gasteiger partial charge in [-0.1, -0.05) is 22.9 Å². The van der Waals surface area contributed by atoms with Gasteiger partial charge in [0, 0.05) is 31.5 Å². The lowest BCUT2D eigenvalue weighted by Crippen LogP contribution is -2.32. The number of hydrogen-bond acceptors (Lipinski definition) is 4. The van der Waals surface area contributed by atoms with Gasteiger partial charge in [0.2, 0.25) is 0 Å². The standard InChI is InChI=1S/C20H14ClF3N4OS.ClH/c21-15-8-12(22)2-3-14(15)19(29)28(6-1-5-27-7-4-25-11-27)20-26-18-16(24)9-13(23)10-17(18)30-20;/h2-4,7-11H,1,5-6H2;1H. The molecule has 0 saturated carbocycles. The van der Waals surface area contributed by atoms with Crippen molar-refractivity contribution < 1.29 is 18.0 Å². The topological polar surface area (TPSA) is 51.0 Å². The van der Waals surface area contributed by atoms with Crippen molar-refractivity contribution in [2.24, 2.45) is 0 Å². The molecule has 0 unspecified atom stereocenters. The number of thiazole rings is 1. The highest BCUT2D eigenvalue weighted by molar-refractivity contribution is 7.22. The number of nitrogens with zero attached hydrogens (tertiary/aromatic N) is 4. The van der Waals surface area contributed by atoms with Crippen LogP contribution in [-0.4, -0.2) is 27.0 Å². The normalized spacial score (nSPS) is 10.8. The van der Waals surface area contributed by atoms with Crippen LogP contribution in [0.1, 0.15) is 16.8 Å². The molecule has 0 aliphatic rings. The number of amides is 1. The summed E-state index contributed by atoms with van der Waals surface area (Å²) in [5, 5.41) is 0.156. The first-order chi connectivity index (χ1) is 14.4. The molecule has 5 nitrogen and oxygen atoms in total. The molecule has 0 atom stereocenters. The summed E-state index contributed by atoms with van der Waals surface area (Å²) in [6.07, 6.45) is 5.62. The van der Waals surface area contributed by atoms with E-state index < -0.39 is 23.4 Å². The Morgan fingerprint density at radius 2 is 1.97 bits per heavy atom. The lowest BCUT2D eigenvalue weighted by molar-refractivity contribution is 0.0986. The van der Waals surface area contributed by atoms with Gasteiger partial charge in [0.05, 0.1) is 21.6 Å². The van der Waals surface area contributed by atoms with Crippen LogP contribution in [0, 0.1) is 17.5 Å². The lowest BCUT2D eigenvalue weighted by Gasteiger charge is -2.20. The Hall–Kier alpha value is -2.62. The zero-order valence-corrected chi connectivity index (χ0v) is 18.2. The summed E-state index contributed by atoms with van der Waals surface area (Å²) in [7, 11) is 0. The summed E-state index contributed by atoms with van der Waals surface area (Å²) in [4.78, 5) is 22.7. The molecule has 2 heterocycles. The second-order valence-electron chi connectivity index (χ2n) is 6.47. The third-order valence-electron chi connectivity index (χ3n) is 4.40. The molecule has 11 heteroatoms. The SMILES string of the molecule is Cl.O=C(c1ccc(F)cc1Cl)N(CCCn1ccnc1)c1nc2c(F)cc(F)cc2s1. The summed E-state index contributed by atoms with van der Waals surface area (Å²) >= 11 is 7.06. The number of rotatable bonds is 6. The smallest absolute Gasteiger partial charge is 0.261 e. The predicted molar refractivity (Wildman–Crippen MR) is 117 cm³/mol. The van der Waals surface area contributed by atoms with Gasteiger partial charge in [-0.3, -0.25) is 9.69 Å². The molecule has 31 heavy (non-hydrogen) atoms. The largest absolute Gasteiger partial charge is 0.337 e. The van der Waals surface area contributed by atoms with Gasteiger partial charge in [0.1, 0.15) is 17.2 Å². The van der Waals surface area contributed by atoms with Gasteiger partial charge in [0.25, 0.3) is 5.91 Å². The zero-order chi connectivity index (χ0) is 21.3. The van der Waals surface area contributed by atoms with Crippen molar-refractivity contribution >= 4 is 56.6 Å². The highest BCUT2D eigenvalue weighted by Crippen LogP contribution is 2.33. The molecular weight excluding hydrogens is 472 g/mol. The average Bonchev–Trinajstić information content (AvgIpc) is 3.34. The number of hydrogen-bond donors (Lipinski definition) is 0. The van der Waals surface area contributed by atoms with E-state index in [0.717, 1.165) is 29.5 Å². The van der Waals surface area contributed by atoms with Crippen molar-refractivity contribution in [2.75, 3.05) is 11.4 Å². The maximum atomic E-state index is 14.1. The first kappa shape index (κ1) is 23.1. The maximum absolute atomic E-state index is 14.1. The number of fused-ring (bicyclic) bond motifs is 1. The maximum Gasteiger partial charge on any atom is 0.261 e. The van der Waals surface area contributed by atoms with Gasteiger partial charge < -0.3 is 4.57 Å². The lowest BCUT2D eigenvalue weighted by atomic mass is 10.2. The Morgan fingerprint density at radius 3 is 2.68 bits per heavy atom. The molecule has 162 valence electrons. The van der Waals surface area contributed by atoms with E-state index in [1.807, 2.05) is 4.57 Å². The third-order valence-corrected chi connectivity index (χ3v) is 5.73. The number of halogens is 5. The minimum Gasteiger partial charge on any atom is -0.337 e. The minimum absolute atomic E-state index is 0. The number of aryl methyl sites for hydroxylation is 1. The van der Waals surface area contributed by atoms with Crippen LogP contribution in [0.5, 0.6) is 0 Å². The van der Waals surface area contributed by atoms with Crippen molar-refractivity contribution in [3.05, 3.63) is 77.1 Å². The number of anilines is 1. The molecule has 2 aromatic carbocycles. The highest BCUT2D eigenvalue weighted by Gasteiger charge is 2.24. The molecule has 1 amide bonds. The molecule has 0 aliphatic carbocycles. The van der Waals surface area contributed by atoms with E-state index in [1.165, 1.54) is 17.0 Å². The van der Waals surface area contributed by atoms with Crippen LogP contribution in [0.2, 0.25) is 5.02 Å². The molecule has 0 saturated heterocycles. The van der Waals surface area contributed by atoms with Crippen LogP contribution in [0.3, 0.4) is 0 Å². The van der Waals surface area contributed by atoms with Crippen LogP contribution in [0.15, 0.2) is 49.1 Å². The fourth-order valence-corrected chi connectivity index (χ4v) is 4.26. The first-order valence-corrected chi connectivity index (χ1v) is 10.1. The molecule has 0 radical (unpaired) electrons. The van der Waals surface area contributed by atoms with Crippen LogP contribution >= 0.6 is 35.3 Å². The highest BCUT2D eigenvalue weighted by atomic mass is 35.5. The molecule has 0 N–H and O–H groups in total. The molecule has 0 fully saturated rings. The quantitative estimate of drug-likeness (QED) is 0.350. The Morgan fingerprint density at radius 1 is 1.16 bits per heavy atom. The minimum atomic E-state index is -0.807. The summed E-state index contributed by atoms with van der Waals surface area (Å²) in [5.41, 5.74) is 0.0700. The summed E-state index contributed by atoms with van der Waals surface area (Å²) in [6.45, 7) is 0.809. The molecular formula is C20H15Cl2F3N4OS. The monoisotopic (exact) mass is 486 g/mol. The average molecular weight is 487 g/mol. The van der Waals surface area contributed by atoms with Crippen molar-refractivity contribution in [1.29, 1.82) is 0 Å². The second kappa shape index (κ2) is 9.67. The number of carbonyl (C=O) groups excluding carboxylic acids is 1. The van der Waals surface area contributed by atoms with E-state index in [1.54, 1.807) is 18.7 Å². The second-order valence-corrected chi connectivity index (χ2v) is 7.88. The summed E-state index contributed by atoms with van der Waals surface area (Å²) in [6, 6.07) is 5.38. The first-order valence-electron chi connectivity index (χ1n) is 8.90. The third kappa shape index (κ3) is 5.00. The number of imidazole rings is 1. The van der Waals surface area contributed by atoms with Gasteiger partial charge >= 0.3 is 0 Å². The van der Waals surface area contributed by atoms with Crippen molar-refractivity contribution in [2.45, 2.75) is 13.0 Å². The Labute approximate surface area is 190 Å². The van der Waals surface area contributed by atoms with Crippen molar-refractivity contribution in [3.63, 3.8) is 0 Å². The zero-order valence-electron chi connectivity index (χ0n) is 15.8. The number of benzene rings is 2. The molecule has 0 bridgehead atoms. The number of carbonyl (C=O) groups is 1. The van der Waals surface area contributed by atoms with Crippen molar-refractivity contribution in [1.82, 2.24) is 14.5 Å². The van der Waals surface area contributed by atoms with Crippen LogP contribution in [-0.2, 0) is 6.54 Å². The Bertz CT molecular complexity index is 1220. The van der Waals surface area contributed by atoms with Gasteiger partial charge in [-0.25, -0.2) is 23.1 Å². The van der Waals surface area contributed by atoms with E-state index >= 15 is 0 Å². The Balaban J connectivity index is 0.00000272.